The van der Waals surface area contributed by atoms with Crippen molar-refractivity contribution < 1.29 is 31.1 Å². The molecule has 15 heteroatoms. The van der Waals surface area contributed by atoms with Crippen molar-refractivity contribution in [3.63, 3.8) is 0 Å². The monoisotopic (exact) mass is 560 g/mol. The number of anilines is 2. The summed E-state index contributed by atoms with van der Waals surface area (Å²) >= 11 is 0.821. The highest BCUT2D eigenvalue weighted by Gasteiger charge is 2.46. The Bertz CT molecular complexity index is 1260. The second-order valence-electron chi connectivity index (χ2n) is 8.90. The summed E-state index contributed by atoms with van der Waals surface area (Å²) < 4.78 is 70.2. The molecule has 1 saturated carbocycles. The highest BCUT2D eigenvalue weighted by atomic mass is 32.2. The van der Waals surface area contributed by atoms with Gasteiger partial charge >= 0.3 is 21.5 Å². The number of carbonyl (C=O) groups excluding carboxylic acids is 1. The normalized spacial score (nSPS) is 16.8. The van der Waals surface area contributed by atoms with Crippen LogP contribution in [0.2, 0.25) is 0 Å². The van der Waals surface area contributed by atoms with Gasteiger partial charge in [-0.1, -0.05) is 24.7 Å². The molecule has 0 saturated heterocycles. The molecule has 1 N–H and O–H groups in total. The molecule has 4 rings (SSSR count). The van der Waals surface area contributed by atoms with E-state index in [1.165, 1.54) is 12.1 Å². The van der Waals surface area contributed by atoms with Crippen LogP contribution < -0.4 is 9.62 Å². The predicted octanol–water partition coefficient (Wildman–Crippen LogP) is 5.87. The van der Waals surface area contributed by atoms with E-state index in [4.69, 9.17) is 4.74 Å². The Morgan fingerprint density at radius 3 is 2.68 bits per heavy atom. The molecule has 0 spiro atoms. The largest absolute Gasteiger partial charge is 0.516 e. The number of sulfonamides is 1. The number of nitrogens with zero attached hydrogens (tertiary/aromatic N) is 5. The van der Waals surface area contributed by atoms with E-state index in [2.05, 4.69) is 20.4 Å². The fourth-order valence-corrected chi connectivity index (χ4v) is 5.40. The van der Waals surface area contributed by atoms with Crippen LogP contribution in [0.25, 0.3) is 0 Å². The van der Waals surface area contributed by atoms with Crippen LogP contribution in [-0.2, 0) is 21.2 Å². The molecule has 1 aliphatic heterocycles. The van der Waals surface area contributed by atoms with Gasteiger partial charge in [0.1, 0.15) is 11.8 Å². The first kappa shape index (κ1) is 27.2. The second-order valence-corrected chi connectivity index (χ2v) is 11.5. The quantitative estimate of drug-likeness (QED) is 0.300. The molecule has 0 atom stereocenters. The number of hydrogen-bond acceptors (Lipinski definition) is 10. The van der Waals surface area contributed by atoms with Crippen LogP contribution in [0, 0.1) is 0 Å². The van der Waals surface area contributed by atoms with E-state index in [0.717, 1.165) is 61.8 Å². The minimum absolute atomic E-state index is 0.0177. The number of unbranched alkanes of at least 4 members (excludes halogenated alkanes) is 1. The lowest BCUT2D eigenvalue weighted by atomic mass is 10.00. The Balaban J connectivity index is 1.62. The molecule has 0 bridgehead atoms. The molecule has 0 radical (unpaired) electrons. The van der Waals surface area contributed by atoms with Gasteiger partial charge in [0.15, 0.2) is 0 Å². The summed E-state index contributed by atoms with van der Waals surface area (Å²) in [6, 6.07) is 2.90. The third-order valence-corrected chi connectivity index (χ3v) is 8.04. The highest BCUT2D eigenvalue weighted by Crippen LogP contribution is 2.40. The lowest BCUT2D eigenvalue weighted by Crippen LogP contribution is -2.32. The van der Waals surface area contributed by atoms with E-state index in [1.807, 2.05) is 11.8 Å². The van der Waals surface area contributed by atoms with Gasteiger partial charge in [0.25, 0.3) is 5.13 Å². The maximum atomic E-state index is 13.1. The van der Waals surface area contributed by atoms with Crippen LogP contribution in [0.5, 0.6) is 0 Å². The van der Waals surface area contributed by atoms with Crippen molar-refractivity contribution >= 4 is 49.5 Å². The number of aryl methyl sites for hydroxylation is 1. The maximum Gasteiger partial charge on any atom is 0.516 e. The summed E-state index contributed by atoms with van der Waals surface area (Å²) in [5.41, 5.74) is -4.48. The Hall–Kier alpha value is -2.81. The molecule has 1 aromatic heterocycles. The van der Waals surface area contributed by atoms with E-state index < -0.39 is 21.5 Å². The summed E-state index contributed by atoms with van der Waals surface area (Å²) in [6.45, 7) is 3.44. The lowest BCUT2D eigenvalue weighted by Gasteiger charge is -2.32. The third-order valence-electron chi connectivity index (χ3n) is 6.15. The summed E-state index contributed by atoms with van der Waals surface area (Å²) in [5.74, 6) is -0.620. The van der Waals surface area contributed by atoms with E-state index in [0.29, 0.717) is 25.2 Å². The van der Waals surface area contributed by atoms with E-state index in [9.17, 15) is 26.4 Å². The van der Waals surface area contributed by atoms with Gasteiger partial charge in [0.2, 0.25) is 5.01 Å². The van der Waals surface area contributed by atoms with Gasteiger partial charge < -0.3 is 9.64 Å². The molecule has 202 valence electrons. The second kappa shape index (κ2) is 11.3. The van der Waals surface area contributed by atoms with Crippen LogP contribution in [0.4, 0.5) is 35.4 Å². The number of halogens is 3. The number of alkyl halides is 3. The predicted molar refractivity (Wildman–Crippen MR) is 132 cm³/mol. The molecule has 10 nitrogen and oxygen atoms in total. The summed E-state index contributed by atoms with van der Waals surface area (Å²) in [5, 5.41) is 15.4. The number of azo groups is 1. The molecule has 1 aliphatic carbocycles. The molecule has 2 heterocycles. The van der Waals surface area contributed by atoms with Crippen molar-refractivity contribution in [1.29, 1.82) is 0 Å². The minimum atomic E-state index is -5.69. The molecule has 0 amide bonds. The van der Waals surface area contributed by atoms with Crippen LogP contribution in [0.3, 0.4) is 0 Å². The number of benzene rings is 1. The average Bonchev–Trinajstić information content (AvgIpc) is 3.53. The topological polar surface area (TPSA) is 126 Å². The fourth-order valence-electron chi connectivity index (χ4n) is 4.29. The van der Waals surface area contributed by atoms with Gasteiger partial charge in [-0.2, -0.15) is 21.6 Å². The van der Waals surface area contributed by atoms with Crippen LogP contribution in [0.15, 0.2) is 22.4 Å². The number of hydrogen-bond donors (Lipinski definition) is 1. The van der Waals surface area contributed by atoms with Gasteiger partial charge in [-0.05, 0) is 62.6 Å². The first-order valence-electron chi connectivity index (χ1n) is 12.0. The molecule has 37 heavy (non-hydrogen) atoms. The zero-order chi connectivity index (χ0) is 26.6. The smallest absolute Gasteiger partial charge is 0.457 e. The van der Waals surface area contributed by atoms with Crippen LogP contribution in [-0.4, -0.2) is 49.3 Å². The molecule has 0 unspecified atom stereocenters. The summed E-state index contributed by atoms with van der Waals surface area (Å²) in [7, 11) is -5.69. The third kappa shape index (κ3) is 6.55. The molecule has 2 aliphatic rings. The number of aromatic nitrogens is 2. The van der Waals surface area contributed by atoms with E-state index in [1.54, 1.807) is 4.72 Å². The molecular formula is C22H27F3N6O4S2. The van der Waals surface area contributed by atoms with Crippen LogP contribution in [0.1, 0.15) is 67.2 Å². The van der Waals surface area contributed by atoms with Crippen molar-refractivity contribution in [2.75, 3.05) is 22.7 Å². The van der Waals surface area contributed by atoms with Gasteiger partial charge in [-0.15, -0.1) is 20.4 Å². The van der Waals surface area contributed by atoms with Crippen molar-refractivity contribution in [1.82, 2.24) is 10.2 Å². The number of carbonyl (C=O) groups is 1. The molecular weight excluding hydrogens is 533 g/mol. The van der Waals surface area contributed by atoms with Crippen molar-refractivity contribution in [2.24, 2.45) is 10.2 Å². The van der Waals surface area contributed by atoms with Gasteiger partial charge in [0.05, 0.1) is 5.69 Å². The zero-order valence-electron chi connectivity index (χ0n) is 20.1. The summed E-state index contributed by atoms with van der Waals surface area (Å²) in [4.78, 5) is 14.3. The van der Waals surface area contributed by atoms with Gasteiger partial charge in [-0.25, -0.2) is 4.79 Å². The standard InChI is InChI=1S/C22H27F3N6O4S2/c1-2-3-10-31-11-6-7-14-12-16(17(13-18(14)31)30-37(33,34)22(23,24)25)26-28-21-29-27-19(36-21)20(32)35-15-8-4-5-9-15/h12-13,15,30H,2-11H2,1H3. The number of esters is 1. The molecule has 1 aromatic carbocycles. The first-order chi connectivity index (χ1) is 17.6. The average molecular weight is 561 g/mol. The summed E-state index contributed by atoms with van der Waals surface area (Å²) in [6.07, 6.45) is 6.72. The lowest BCUT2D eigenvalue weighted by molar-refractivity contribution is -0.0429. The van der Waals surface area contributed by atoms with Crippen molar-refractivity contribution in [2.45, 2.75) is 69.9 Å². The Labute approximate surface area is 216 Å². The SMILES string of the molecule is CCCCN1CCCc2cc(N=Nc3nnc(C(=O)OC4CCCC4)s3)c(NS(=O)(=O)C(F)(F)F)cc21. The number of nitrogens with one attached hydrogen (secondary N) is 1. The van der Waals surface area contributed by atoms with Crippen LogP contribution >= 0.6 is 11.3 Å². The van der Waals surface area contributed by atoms with E-state index in [-0.39, 0.29) is 27.6 Å². The van der Waals surface area contributed by atoms with Crippen molar-refractivity contribution in [3.8, 4) is 0 Å². The van der Waals surface area contributed by atoms with Gasteiger partial charge in [0, 0.05) is 18.8 Å². The minimum Gasteiger partial charge on any atom is -0.457 e. The van der Waals surface area contributed by atoms with Gasteiger partial charge in [-0.3, -0.25) is 4.72 Å². The number of fused-ring (bicyclic) bond motifs is 1. The maximum absolute atomic E-state index is 13.1. The Morgan fingerprint density at radius 1 is 1.22 bits per heavy atom. The zero-order valence-corrected chi connectivity index (χ0v) is 21.8. The first-order valence-corrected chi connectivity index (χ1v) is 14.3. The molecule has 1 fully saturated rings. The highest BCUT2D eigenvalue weighted by molar-refractivity contribution is 7.93. The number of rotatable bonds is 9. The number of ether oxygens (including phenoxy) is 1. The van der Waals surface area contributed by atoms with Crippen molar-refractivity contribution in [3.05, 3.63) is 22.7 Å². The Morgan fingerprint density at radius 2 is 1.97 bits per heavy atom. The fraction of sp³-hybridized carbons (Fsp3) is 0.591. The Kier molecular flexibility index (Phi) is 8.31. The molecule has 2 aromatic rings. The van der Waals surface area contributed by atoms with E-state index >= 15 is 0 Å².